The zero-order valence-electron chi connectivity index (χ0n) is 14.4. The molecule has 8 heteroatoms. The fraction of sp³-hybridized carbons (Fsp3) is 0.333. The minimum atomic E-state index is -3.85. The number of morpholine rings is 1. The number of nitrogens with one attached hydrogen (secondary N) is 1. The Morgan fingerprint density at radius 2 is 1.85 bits per heavy atom. The fourth-order valence-corrected chi connectivity index (χ4v) is 3.82. The van der Waals surface area contributed by atoms with Crippen LogP contribution in [-0.2, 0) is 14.8 Å². The van der Waals surface area contributed by atoms with E-state index >= 15 is 0 Å². The Balaban J connectivity index is 1.87. The molecule has 1 N–H and O–H groups in total. The number of anilines is 2. The minimum Gasteiger partial charge on any atom is -0.494 e. The Labute approximate surface area is 152 Å². The third-order valence-corrected chi connectivity index (χ3v) is 5.38. The average Bonchev–Trinajstić information content (AvgIpc) is 2.63. The number of benzene rings is 2. The number of hydrogen-bond donors (Lipinski definition) is 1. The number of sulfonamides is 1. The molecule has 1 aliphatic rings. The highest BCUT2D eigenvalue weighted by Gasteiger charge is 2.20. The first-order chi connectivity index (χ1) is 12.5. The molecule has 0 aromatic heterocycles. The molecule has 1 fully saturated rings. The largest absolute Gasteiger partial charge is 0.494 e. The molecular formula is C18H21FN2O4S. The van der Waals surface area contributed by atoms with Crippen LogP contribution in [0, 0.1) is 5.82 Å². The van der Waals surface area contributed by atoms with Gasteiger partial charge in [0.25, 0.3) is 10.0 Å². The summed E-state index contributed by atoms with van der Waals surface area (Å²) in [5.41, 5.74) is 0.838. The van der Waals surface area contributed by atoms with Crippen LogP contribution in [0.25, 0.3) is 0 Å². The average molecular weight is 380 g/mol. The van der Waals surface area contributed by atoms with Crippen molar-refractivity contribution in [2.75, 3.05) is 42.5 Å². The molecule has 0 atom stereocenters. The summed E-state index contributed by atoms with van der Waals surface area (Å²) in [4.78, 5) is 2.05. The van der Waals surface area contributed by atoms with E-state index in [2.05, 4.69) is 4.72 Å². The van der Waals surface area contributed by atoms with Crippen LogP contribution in [0.5, 0.6) is 5.75 Å². The molecule has 3 rings (SSSR count). The molecule has 1 aliphatic heterocycles. The first kappa shape index (κ1) is 18.5. The molecule has 0 amide bonds. The first-order valence-electron chi connectivity index (χ1n) is 8.37. The number of halogens is 1. The van der Waals surface area contributed by atoms with E-state index in [1.807, 2.05) is 11.8 Å². The summed E-state index contributed by atoms with van der Waals surface area (Å²) < 4.78 is 52.3. The Morgan fingerprint density at radius 1 is 1.15 bits per heavy atom. The molecule has 0 unspecified atom stereocenters. The van der Waals surface area contributed by atoms with E-state index in [1.54, 1.807) is 18.2 Å². The molecule has 140 valence electrons. The summed E-state index contributed by atoms with van der Waals surface area (Å²) in [6.45, 7) is 4.66. The number of rotatable bonds is 6. The van der Waals surface area contributed by atoms with Gasteiger partial charge in [-0.1, -0.05) is 0 Å². The molecule has 0 aliphatic carbocycles. The van der Waals surface area contributed by atoms with Gasteiger partial charge in [-0.05, 0) is 43.3 Å². The van der Waals surface area contributed by atoms with Gasteiger partial charge in [0.2, 0.25) is 0 Å². The molecule has 1 heterocycles. The van der Waals surface area contributed by atoms with Crippen molar-refractivity contribution in [1.29, 1.82) is 0 Å². The lowest BCUT2D eigenvalue weighted by Crippen LogP contribution is -2.36. The van der Waals surface area contributed by atoms with E-state index in [9.17, 15) is 12.8 Å². The predicted molar refractivity (Wildman–Crippen MR) is 97.9 cm³/mol. The monoisotopic (exact) mass is 380 g/mol. The standard InChI is InChI=1S/C18H21FN2O4S/c1-2-25-15-4-6-16(7-5-15)26(22,23)20-17-13-14(19)3-8-18(17)21-9-11-24-12-10-21/h3-8,13,20H,2,9-12H2,1H3. The highest BCUT2D eigenvalue weighted by Crippen LogP contribution is 2.30. The van der Waals surface area contributed by atoms with Crippen molar-refractivity contribution < 1.29 is 22.3 Å². The fourth-order valence-electron chi connectivity index (χ4n) is 2.76. The molecule has 2 aromatic carbocycles. The van der Waals surface area contributed by atoms with Crippen molar-refractivity contribution in [3.8, 4) is 5.75 Å². The van der Waals surface area contributed by atoms with Gasteiger partial charge in [-0.3, -0.25) is 4.72 Å². The van der Waals surface area contributed by atoms with Crippen molar-refractivity contribution in [1.82, 2.24) is 0 Å². The van der Waals surface area contributed by atoms with Gasteiger partial charge in [-0.2, -0.15) is 0 Å². The van der Waals surface area contributed by atoms with Gasteiger partial charge in [0, 0.05) is 19.2 Å². The van der Waals surface area contributed by atoms with Crippen molar-refractivity contribution in [3.63, 3.8) is 0 Å². The Morgan fingerprint density at radius 3 is 2.50 bits per heavy atom. The lowest BCUT2D eigenvalue weighted by molar-refractivity contribution is 0.123. The summed E-state index contributed by atoms with van der Waals surface area (Å²) in [5, 5.41) is 0. The predicted octanol–water partition coefficient (Wildman–Crippen LogP) is 2.86. The summed E-state index contributed by atoms with van der Waals surface area (Å²) in [7, 11) is -3.85. The zero-order valence-corrected chi connectivity index (χ0v) is 15.3. The molecule has 0 radical (unpaired) electrons. The van der Waals surface area contributed by atoms with E-state index in [1.165, 1.54) is 24.3 Å². The smallest absolute Gasteiger partial charge is 0.261 e. The van der Waals surface area contributed by atoms with Gasteiger partial charge in [-0.25, -0.2) is 12.8 Å². The van der Waals surface area contributed by atoms with Crippen molar-refractivity contribution in [3.05, 3.63) is 48.3 Å². The summed E-state index contributed by atoms with van der Waals surface area (Å²) in [6.07, 6.45) is 0. The van der Waals surface area contributed by atoms with E-state index in [0.717, 1.165) is 0 Å². The second-order valence-corrected chi connectivity index (χ2v) is 7.45. The maximum Gasteiger partial charge on any atom is 0.261 e. The van der Waals surface area contributed by atoms with Crippen LogP contribution < -0.4 is 14.4 Å². The minimum absolute atomic E-state index is 0.0816. The first-order valence-corrected chi connectivity index (χ1v) is 9.86. The third kappa shape index (κ3) is 4.25. The SMILES string of the molecule is CCOc1ccc(S(=O)(=O)Nc2cc(F)ccc2N2CCOCC2)cc1. The van der Waals surface area contributed by atoms with Crippen LogP contribution in [0.2, 0.25) is 0 Å². The van der Waals surface area contributed by atoms with Crippen LogP contribution in [0.1, 0.15) is 6.92 Å². The Bertz CT molecular complexity index is 850. The number of ether oxygens (including phenoxy) is 2. The van der Waals surface area contributed by atoms with Gasteiger partial charge in [-0.15, -0.1) is 0 Å². The van der Waals surface area contributed by atoms with E-state index in [-0.39, 0.29) is 10.6 Å². The van der Waals surface area contributed by atoms with E-state index in [4.69, 9.17) is 9.47 Å². The van der Waals surface area contributed by atoms with Gasteiger partial charge in [0.05, 0.1) is 36.1 Å². The Kier molecular flexibility index (Phi) is 5.63. The summed E-state index contributed by atoms with van der Waals surface area (Å²) in [6, 6.07) is 10.2. The third-order valence-electron chi connectivity index (χ3n) is 4.00. The number of nitrogens with zero attached hydrogens (tertiary/aromatic N) is 1. The molecule has 0 saturated carbocycles. The lowest BCUT2D eigenvalue weighted by Gasteiger charge is -2.30. The molecule has 0 spiro atoms. The topological polar surface area (TPSA) is 67.9 Å². The number of hydrogen-bond acceptors (Lipinski definition) is 5. The van der Waals surface area contributed by atoms with Crippen LogP contribution >= 0.6 is 0 Å². The maximum atomic E-state index is 13.7. The van der Waals surface area contributed by atoms with Crippen LogP contribution in [-0.4, -0.2) is 41.3 Å². The second kappa shape index (κ2) is 7.92. The zero-order chi connectivity index (χ0) is 18.6. The van der Waals surface area contributed by atoms with Gasteiger partial charge >= 0.3 is 0 Å². The molecule has 26 heavy (non-hydrogen) atoms. The van der Waals surface area contributed by atoms with Crippen molar-refractivity contribution in [2.24, 2.45) is 0 Å². The van der Waals surface area contributed by atoms with Crippen LogP contribution in [0.3, 0.4) is 0 Å². The Hall–Kier alpha value is -2.32. The molecule has 0 bridgehead atoms. The van der Waals surface area contributed by atoms with Gasteiger partial charge in [0.1, 0.15) is 11.6 Å². The van der Waals surface area contributed by atoms with Gasteiger partial charge in [0.15, 0.2) is 0 Å². The molecule has 2 aromatic rings. The lowest BCUT2D eigenvalue weighted by atomic mass is 10.2. The molecule has 1 saturated heterocycles. The molecular weight excluding hydrogens is 359 g/mol. The highest BCUT2D eigenvalue weighted by atomic mass is 32.2. The van der Waals surface area contributed by atoms with E-state index in [0.29, 0.717) is 44.3 Å². The van der Waals surface area contributed by atoms with Crippen LogP contribution in [0.4, 0.5) is 15.8 Å². The maximum absolute atomic E-state index is 13.7. The summed E-state index contributed by atoms with van der Waals surface area (Å²) >= 11 is 0. The normalized spacial score (nSPS) is 14.9. The van der Waals surface area contributed by atoms with E-state index < -0.39 is 15.8 Å². The molecule has 6 nitrogen and oxygen atoms in total. The highest BCUT2D eigenvalue weighted by molar-refractivity contribution is 7.92. The van der Waals surface area contributed by atoms with Gasteiger partial charge < -0.3 is 14.4 Å². The summed E-state index contributed by atoms with van der Waals surface area (Å²) in [5.74, 6) is 0.0811. The second-order valence-electron chi connectivity index (χ2n) is 5.77. The van der Waals surface area contributed by atoms with Crippen molar-refractivity contribution >= 4 is 21.4 Å². The van der Waals surface area contributed by atoms with Crippen LogP contribution in [0.15, 0.2) is 47.4 Å². The van der Waals surface area contributed by atoms with Crippen molar-refractivity contribution in [2.45, 2.75) is 11.8 Å². The quantitative estimate of drug-likeness (QED) is 0.835.